The zero-order valence-electron chi connectivity index (χ0n) is 14.1. The fourth-order valence-electron chi connectivity index (χ4n) is 2.25. The molecule has 0 atom stereocenters. The summed E-state index contributed by atoms with van der Waals surface area (Å²) in [5, 5.41) is 8.83. The van der Waals surface area contributed by atoms with Crippen molar-refractivity contribution < 1.29 is 28.6 Å². The lowest BCUT2D eigenvalue weighted by molar-refractivity contribution is -0.137. The molecule has 0 saturated carbocycles. The third-order valence-electron chi connectivity index (χ3n) is 3.59. The maximum Gasteiger partial charge on any atom is 0.331 e. The van der Waals surface area contributed by atoms with Crippen molar-refractivity contribution in [2.75, 3.05) is 6.61 Å². The first kappa shape index (κ1) is 19.1. The van der Waals surface area contributed by atoms with E-state index in [1.807, 2.05) is 0 Å². The number of esters is 1. The van der Waals surface area contributed by atoms with E-state index in [-0.39, 0.29) is 12.2 Å². The highest BCUT2D eigenvalue weighted by molar-refractivity contribution is 6.00. The van der Waals surface area contributed by atoms with Crippen molar-refractivity contribution in [3.05, 3.63) is 76.6 Å². The van der Waals surface area contributed by atoms with Crippen molar-refractivity contribution in [3.8, 4) is 0 Å². The molecular weight excluding hydrogens is 339 g/mol. The number of halogens is 1. The Hall–Kier alpha value is -3.28. The van der Waals surface area contributed by atoms with Gasteiger partial charge in [0, 0.05) is 11.6 Å². The number of aryl methyl sites for hydroxylation is 1. The van der Waals surface area contributed by atoms with Gasteiger partial charge in [-0.3, -0.25) is 9.59 Å². The third-order valence-corrected chi connectivity index (χ3v) is 3.59. The molecule has 0 radical (unpaired) electrons. The largest absolute Gasteiger partial charge is 0.481 e. The second kappa shape index (κ2) is 8.71. The number of ether oxygens (including phenoxy) is 1. The fourth-order valence-corrected chi connectivity index (χ4v) is 2.25. The highest BCUT2D eigenvalue weighted by atomic mass is 19.1. The first-order chi connectivity index (χ1) is 12.3. The summed E-state index contributed by atoms with van der Waals surface area (Å²) in [5.41, 5.74) is 2.10. The maximum atomic E-state index is 12.8. The standard InChI is InChI=1S/C20H17FO5/c1-13-2-3-15(11-19(23)24)10-17(13)18(22)12-26-20(25)9-6-14-4-7-16(21)8-5-14/h2-10H,11-12H2,1H3,(H,23,24)/b9-6+. The van der Waals surface area contributed by atoms with Crippen LogP contribution in [-0.4, -0.2) is 29.4 Å². The normalized spacial score (nSPS) is 10.7. The third kappa shape index (κ3) is 5.66. The van der Waals surface area contributed by atoms with E-state index in [0.717, 1.165) is 6.08 Å². The Balaban J connectivity index is 1.96. The first-order valence-electron chi connectivity index (χ1n) is 7.80. The molecule has 134 valence electrons. The highest BCUT2D eigenvalue weighted by Crippen LogP contribution is 2.13. The lowest BCUT2D eigenvalue weighted by Crippen LogP contribution is -2.14. The van der Waals surface area contributed by atoms with Gasteiger partial charge in [0.1, 0.15) is 5.82 Å². The minimum Gasteiger partial charge on any atom is -0.481 e. The molecule has 6 heteroatoms. The van der Waals surface area contributed by atoms with Gasteiger partial charge in [-0.1, -0.05) is 24.3 Å². The molecule has 2 aromatic rings. The summed E-state index contributed by atoms with van der Waals surface area (Å²) in [5.74, 6) is -2.50. The molecule has 26 heavy (non-hydrogen) atoms. The van der Waals surface area contributed by atoms with E-state index in [4.69, 9.17) is 9.84 Å². The summed E-state index contributed by atoms with van der Waals surface area (Å²) in [6.07, 6.45) is 2.40. The monoisotopic (exact) mass is 356 g/mol. The topological polar surface area (TPSA) is 80.7 Å². The molecule has 0 fully saturated rings. The second-order valence-corrected chi connectivity index (χ2v) is 5.64. The lowest BCUT2D eigenvalue weighted by Gasteiger charge is -2.07. The number of carboxylic acids is 1. The number of aliphatic carboxylic acids is 1. The van der Waals surface area contributed by atoms with Crippen LogP contribution in [0.15, 0.2) is 48.5 Å². The van der Waals surface area contributed by atoms with Gasteiger partial charge in [0.05, 0.1) is 6.42 Å². The number of carbonyl (C=O) groups excluding carboxylic acids is 2. The minimum absolute atomic E-state index is 0.194. The minimum atomic E-state index is -0.996. The Morgan fingerprint density at radius 1 is 1.12 bits per heavy atom. The Morgan fingerprint density at radius 2 is 1.81 bits per heavy atom. The van der Waals surface area contributed by atoms with Crippen molar-refractivity contribution in [1.82, 2.24) is 0 Å². The first-order valence-corrected chi connectivity index (χ1v) is 7.80. The molecule has 0 spiro atoms. The van der Waals surface area contributed by atoms with Crippen molar-refractivity contribution in [3.63, 3.8) is 0 Å². The summed E-state index contributed by atoms with van der Waals surface area (Å²) in [4.78, 5) is 34.7. The molecule has 2 aromatic carbocycles. The van der Waals surface area contributed by atoms with Crippen LogP contribution in [0.5, 0.6) is 0 Å². The van der Waals surface area contributed by atoms with Crippen molar-refractivity contribution in [2.45, 2.75) is 13.3 Å². The molecule has 5 nitrogen and oxygen atoms in total. The van der Waals surface area contributed by atoms with Crippen molar-refractivity contribution in [2.24, 2.45) is 0 Å². The molecule has 0 aromatic heterocycles. The molecule has 0 heterocycles. The quantitative estimate of drug-likeness (QED) is 0.468. The predicted molar refractivity (Wildman–Crippen MR) is 93.2 cm³/mol. The van der Waals surface area contributed by atoms with Crippen LogP contribution in [0.1, 0.15) is 27.0 Å². The zero-order valence-corrected chi connectivity index (χ0v) is 14.1. The van der Waals surface area contributed by atoms with Gasteiger partial charge in [-0.15, -0.1) is 0 Å². The summed E-state index contributed by atoms with van der Waals surface area (Å²) >= 11 is 0. The van der Waals surface area contributed by atoms with Gasteiger partial charge >= 0.3 is 11.9 Å². The number of benzene rings is 2. The van der Waals surface area contributed by atoms with E-state index in [0.29, 0.717) is 22.3 Å². The van der Waals surface area contributed by atoms with Crippen LogP contribution in [-0.2, 0) is 20.7 Å². The Kier molecular flexibility index (Phi) is 6.38. The predicted octanol–water partition coefficient (Wildman–Crippen LogP) is 3.20. The fraction of sp³-hybridized carbons (Fsp3) is 0.150. The molecular formula is C20H17FO5. The van der Waals surface area contributed by atoms with Gasteiger partial charge in [0.25, 0.3) is 0 Å². The van der Waals surface area contributed by atoms with E-state index in [1.54, 1.807) is 19.1 Å². The molecule has 1 N–H and O–H groups in total. The maximum absolute atomic E-state index is 12.8. The highest BCUT2D eigenvalue weighted by Gasteiger charge is 2.13. The smallest absolute Gasteiger partial charge is 0.331 e. The van der Waals surface area contributed by atoms with E-state index in [9.17, 15) is 18.8 Å². The van der Waals surface area contributed by atoms with E-state index >= 15 is 0 Å². The lowest BCUT2D eigenvalue weighted by atomic mass is 10.0. The molecule has 0 aliphatic rings. The van der Waals surface area contributed by atoms with Crippen LogP contribution in [0.25, 0.3) is 6.08 Å². The summed E-state index contributed by atoms with van der Waals surface area (Å²) in [6.45, 7) is 1.26. The van der Waals surface area contributed by atoms with Crippen LogP contribution >= 0.6 is 0 Å². The van der Waals surface area contributed by atoms with Crippen LogP contribution in [0.2, 0.25) is 0 Å². The van der Waals surface area contributed by atoms with E-state index in [2.05, 4.69) is 0 Å². The second-order valence-electron chi connectivity index (χ2n) is 5.64. The van der Waals surface area contributed by atoms with Gasteiger partial charge in [-0.25, -0.2) is 9.18 Å². The van der Waals surface area contributed by atoms with Gasteiger partial charge < -0.3 is 9.84 Å². The number of Topliss-reactive ketones (excluding diaryl/α,β-unsaturated/α-hetero) is 1. The number of carboxylic acid groups (broad SMARTS) is 1. The van der Waals surface area contributed by atoms with Crippen molar-refractivity contribution in [1.29, 1.82) is 0 Å². The molecule has 0 bridgehead atoms. The zero-order chi connectivity index (χ0) is 19.1. The van der Waals surface area contributed by atoms with Gasteiger partial charge in [0.2, 0.25) is 5.78 Å². The number of rotatable bonds is 7. The molecule has 2 rings (SSSR count). The van der Waals surface area contributed by atoms with Crippen LogP contribution in [0.3, 0.4) is 0 Å². The number of hydrogen-bond donors (Lipinski definition) is 1. The molecule has 0 unspecified atom stereocenters. The summed E-state index contributed by atoms with van der Waals surface area (Å²) in [6, 6.07) is 10.3. The molecule has 0 amide bonds. The average Bonchev–Trinajstić information content (AvgIpc) is 2.60. The molecule has 0 aliphatic carbocycles. The Morgan fingerprint density at radius 3 is 2.46 bits per heavy atom. The van der Waals surface area contributed by atoms with E-state index in [1.165, 1.54) is 36.4 Å². The van der Waals surface area contributed by atoms with E-state index < -0.39 is 24.3 Å². The van der Waals surface area contributed by atoms with Gasteiger partial charge in [0.15, 0.2) is 6.61 Å². The van der Waals surface area contributed by atoms with Crippen LogP contribution in [0.4, 0.5) is 4.39 Å². The van der Waals surface area contributed by atoms with Crippen molar-refractivity contribution >= 4 is 23.8 Å². The number of hydrogen-bond acceptors (Lipinski definition) is 4. The SMILES string of the molecule is Cc1ccc(CC(=O)O)cc1C(=O)COC(=O)/C=C/c1ccc(F)cc1. The summed E-state index contributed by atoms with van der Waals surface area (Å²) in [7, 11) is 0. The summed E-state index contributed by atoms with van der Waals surface area (Å²) < 4.78 is 17.7. The Labute approximate surface area is 149 Å². The average molecular weight is 356 g/mol. The van der Waals surface area contributed by atoms with Gasteiger partial charge in [-0.05, 0) is 47.9 Å². The Bertz CT molecular complexity index is 853. The molecule has 0 saturated heterocycles. The van der Waals surface area contributed by atoms with Crippen LogP contribution < -0.4 is 0 Å². The van der Waals surface area contributed by atoms with Crippen LogP contribution in [0, 0.1) is 12.7 Å². The molecule has 0 aliphatic heterocycles. The number of ketones is 1. The van der Waals surface area contributed by atoms with Gasteiger partial charge in [-0.2, -0.15) is 0 Å². The number of carbonyl (C=O) groups is 3.